The zero-order valence-electron chi connectivity index (χ0n) is 16.9. The second-order valence-corrected chi connectivity index (χ2v) is 6.96. The number of anilines is 1. The first kappa shape index (κ1) is 21.2. The van der Waals surface area contributed by atoms with Gasteiger partial charge in [0.05, 0.1) is 12.1 Å². The van der Waals surface area contributed by atoms with Crippen LogP contribution in [0.5, 0.6) is 0 Å². The molecule has 0 heterocycles. The molecule has 2 amide bonds. The van der Waals surface area contributed by atoms with Crippen LogP contribution in [0.2, 0.25) is 0 Å². The van der Waals surface area contributed by atoms with E-state index in [0.717, 1.165) is 16.7 Å². The minimum Gasteiger partial charge on any atom is -0.449 e. The summed E-state index contributed by atoms with van der Waals surface area (Å²) in [6, 6.07) is 12.6. The maximum Gasteiger partial charge on any atom is 0.338 e. The molecule has 0 unspecified atom stereocenters. The molecule has 0 spiro atoms. The highest BCUT2D eigenvalue weighted by atomic mass is 16.5. The molecule has 1 N–H and O–H groups in total. The van der Waals surface area contributed by atoms with Crippen LogP contribution in [0.15, 0.2) is 42.5 Å². The predicted octanol–water partition coefficient (Wildman–Crippen LogP) is 3.25. The summed E-state index contributed by atoms with van der Waals surface area (Å²) in [6.45, 7) is 7.17. The molecular weight excluding hydrogens is 356 g/mol. The molecule has 0 aliphatic heterocycles. The van der Waals surface area contributed by atoms with E-state index in [0.29, 0.717) is 11.3 Å². The van der Waals surface area contributed by atoms with Crippen LogP contribution in [-0.2, 0) is 14.3 Å². The SMILES string of the molecule is Cc1ccc(NC(=O)CN(C)C(=O)[C@H](C)OC(=O)c2ccc(C)c(C)c2)cc1. The number of amides is 2. The Bertz CT molecular complexity index is 875. The first-order valence-electron chi connectivity index (χ1n) is 9.07. The van der Waals surface area contributed by atoms with Gasteiger partial charge < -0.3 is 15.0 Å². The third kappa shape index (κ3) is 5.67. The van der Waals surface area contributed by atoms with Crippen molar-refractivity contribution in [1.82, 2.24) is 4.90 Å². The summed E-state index contributed by atoms with van der Waals surface area (Å²) >= 11 is 0. The van der Waals surface area contributed by atoms with Crippen molar-refractivity contribution in [2.24, 2.45) is 0 Å². The van der Waals surface area contributed by atoms with Crippen LogP contribution in [0, 0.1) is 20.8 Å². The van der Waals surface area contributed by atoms with Crippen LogP contribution in [0.3, 0.4) is 0 Å². The Morgan fingerprint density at radius 2 is 1.64 bits per heavy atom. The summed E-state index contributed by atoms with van der Waals surface area (Å²) < 4.78 is 5.27. The summed E-state index contributed by atoms with van der Waals surface area (Å²) in [7, 11) is 1.50. The maximum atomic E-state index is 12.4. The molecule has 148 valence electrons. The van der Waals surface area contributed by atoms with Gasteiger partial charge >= 0.3 is 5.97 Å². The fourth-order valence-corrected chi connectivity index (χ4v) is 2.59. The van der Waals surface area contributed by atoms with E-state index in [2.05, 4.69) is 5.32 Å². The molecule has 6 nitrogen and oxygen atoms in total. The average Bonchev–Trinajstić information content (AvgIpc) is 2.64. The molecule has 0 aromatic heterocycles. The van der Waals surface area contributed by atoms with Gasteiger partial charge in [-0.25, -0.2) is 4.79 Å². The number of hydrogen-bond donors (Lipinski definition) is 1. The topological polar surface area (TPSA) is 75.7 Å². The smallest absolute Gasteiger partial charge is 0.338 e. The van der Waals surface area contributed by atoms with Crippen molar-refractivity contribution >= 4 is 23.5 Å². The van der Waals surface area contributed by atoms with Gasteiger partial charge in [-0.3, -0.25) is 9.59 Å². The second-order valence-electron chi connectivity index (χ2n) is 6.96. The lowest BCUT2D eigenvalue weighted by Crippen LogP contribution is -2.41. The molecular formula is C22H26N2O4. The Kier molecular flexibility index (Phi) is 6.93. The maximum absolute atomic E-state index is 12.4. The first-order valence-corrected chi connectivity index (χ1v) is 9.07. The van der Waals surface area contributed by atoms with Gasteiger partial charge in [-0.2, -0.15) is 0 Å². The molecule has 0 radical (unpaired) electrons. The van der Waals surface area contributed by atoms with Crippen molar-refractivity contribution in [2.45, 2.75) is 33.8 Å². The van der Waals surface area contributed by atoms with Crippen molar-refractivity contribution in [3.63, 3.8) is 0 Å². The summed E-state index contributed by atoms with van der Waals surface area (Å²) in [6.07, 6.45) is -0.994. The van der Waals surface area contributed by atoms with E-state index in [9.17, 15) is 14.4 Å². The number of nitrogens with one attached hydrogen (secondary N) is 1. The molecule has 0 aliphatic carbocycles. The molecule has 2 rings (SSSR count). The Morgan fingerprint density at radius 1 is 1.00 bits per heavy atom. The molecule has 2 aromatic carbocycles. The van der Waals surface area contributed by atoms with Gasteiger partial charge in [0.2, 0.25) is 5.91 Å². The van der Waals surface area contributed by atoms with E-state index >= 15 is 0 Å². The number of benzene rings is 2. The Hall–Kier alpha value is -3.15. The third-order valence-electron chi connectivity index (χ3n) is 4.47. The van der Waals surface area contributed by atoms with E-state index in [1.54, 1.807) is 24.3 Å². The summed E-state index contributed by atoms with van der Waals surface area (Å²) in [5, 5.41) is 2.73. The largest absolute Gasteiger partial charge is 0.449 e. The van der Waals surface area contributed by atoms with Crippen molar-refractivity contribution in [1.29, 1.82) is 0 Å². The number of rotatable bonds is 6. The van der Waals surface area contributed by atoms with E-state index in [4.69, 9.17) is 4.74 Å². The Balaban J connectivity index is 1.90. The van der Waals surface area contributed by atoms with E-state index < -0.39 is 18.0 Å². The van der Waals surface area contributed by atoms with Gasteiger partial charge in [0.15, 0.2) is 6.10 Å². The first-order chi connectivity index (χ1) is 13.2. The van der Waals surface area contributed by atoms with Crippen molar-refractivity contribution in [3.8, 4) is 0 Å². The minimum absolute atomic E-state index is 0.141. The molecule has 0 saturated heterocycles. The van der Waals surface area contributed by atoms with Gasteiger partial charge in [-0.05, 0) is 63.1 Å². The zero-order chi connectivity index (χ0) is 20.8. The van der Waals surface area contributed by atoms with E-state index in [1.807, 2.05) is 39.0 Å². The highest BCUT2D eigenvalue weighted by Gasteiger charge is 2.23. The number of esters is 1. The zero-order valence-corrected chi connectivity index (χ0v) is 16.9. The predicted molar refractivity (Wildman–Crippen MR) is 108 cm³/mol. The van der Waals surface area contributed by atoms with Gasteiger partial charge in [0.25, 0.3) is 5.91 Å². The van der Waals surface area contributed by atoms with Crippen molar-refractivity contribution in [3.05, 3.63) is 64.7 Å². The Labute approximate surface area is 165 Å². The highest BCUT2D eigenvalue weighted by molar-refractivity contribution is 5.96. The number of aryl methyl sites for hydroxylation is 3. The van der Waals surface area contributed by atoms with Crippen molar-refractivity contribution < 1.29 is 19.1 Å². The van der Waals surface area contributed by atoms with Crippen LogP contribution in [0.1, 0.15) is 34.0 Å². The minimum atomic E-state index is -0.994. The average molecular weight is 382 g/mol. The molecule has 0 fully saturated rings. The van der Waals surface area contributed by atoms with Gasteiger partial charge in [0.1, 0.15) is 0 Å². The lowest BCUT2D eigenvalue weighted by atomic mass is 10.1. The van der Waals surface area contributed by atoms with Gasteiger partial charge in [0, 0.05) is 12.7 Å². The fraction of sp³-hybridized carbons (Fsp3) is 0.318. The van der Waals surface area contributed by atoms with Gasteiger partial charge in [-0.15, -0.1) is 0 Å². The van der Waals surface area contributed by atoms with Gasteiger partial charge in [-0.1, -0.05) is 23.8 Å². The number of hydrogen-bond acceptors (Lipinski definition) is 4. The monoisotopic (exact) mass is 382 g/mol. The van der Waals surface area contributed by atoms with Crippen LogP contribution in [0.25, 0.3) is 0 Å². The fourth-order valence-electron chi connectivity index (χ4n) is 2.59. The Morgan fingerprint density at radius 3 is 2.25 bits per heavy atom. The molecule has 2 aromatic rings. The van der Waals surface area contributed by atoms with Crippen LogP contribution >= 0.6 is 0 Å². The summed E-state index contributed by atoms with van der Waals surface area (Å²) in [5.41, 5.74) is 4.18. The van der Waals surface area contributed by atoms with Crippen LogP contribution in [-0.4, -0.2) is 42.4 Å². The molecule has 0 bridgehead atoms. The number of likely N-dealkylation sites (N-methyl/N-ethyl adjacent to an activating group) is 1. The number of carbonyl (C=O) groups excluding carboxylic acids is 3. The number of ether oxygens (including phenoxy) is 1. The highest BCUT2D eigenvalue weighted by Crippen LogP contribution is 2.12. The molecule has 0 aliphatic rings. The second kappa shape index (κ2) is 9.17. The standard InChI is InChI=1S/C22H26N2O4/c1-14-6-10-19(11-7-14)23-20(25)13-24(5)21(26)17(4)28-22(27)18-9-8-15(2)16(3)12-18/h6-12,17H,13H2,1-5H3,(H,23,25)/t17-/m0/s1. The molecule has 28 heavy (non-hydrogen) atoms. The summed E-state index contributed by atoms with van der Waals surface area (Å²) in [5.74, 6) is -1.34. The van der Waals surface area contributed by atoms with Crippen LogP contribution < -0.4 is 5.32 Å². The number of carbonyl (C=O) groups is 3. The molecule has 1 atom stereocenters. The third-order valence-corrected chi connectivity index (χ3v) is 4.47. The van der Waals surface area contributed by atoms with Crippen LogP contribution in [0.4, 0.5) is 5.69 Å². The lowest BCUT2D eigenvalue weighted by molar-refractivity contribution is -0.140. The molecule has 6 heteroatoms. The van der Waals surface area contributed by atoms with E-state index in [-0.39, 0.29) is 12.5 Å². The summed E-state index contributed by atoms with van der Waals surface area (Å²) in [4.78, 5) is 38.1. The van der Waals surface area contributed by atoms with E-state index in [1.165, 1.54) is 18.9 Å². The lowest BCUT2D eigenvalue weighted by Gasteiger charge is -2.21. The quantitative estimate of drug-likeness (QED) is 0.778. The molecule has 0 saturated carbocycles. The van der Waals surface area contributed by atoms with Crippen molar-refractivity contribution in [2.75, 3.05) is 18.9 Å². The number of nitrogens with zero attached hydrogens (tertiary/aromatic N) is 1. The normalized spacial score (nSPS) is 11.5.